The Balaban J connectivity index is 2.86. The molecule has 0 aliphatic carbocycles. The molecule has 1 heterocycles. The molecule has 0 aliphatic heterocycles. The van der Waals surface area contributed by atoms with Gasteiger partial charge in [0.15, 0.2) is 5.78 Å². The zero-order valence-electron chi connectivity index (χ0n) is 7.93. The Bertz CT molecular complexity index is 513. The predicted octanol–water partition coefficient (Wildman–Crippen LogP) is 3.55. The molecule has 14 heavy (non-hydrogen) atoms. The predicted molar refractivity (Wildman–Crippen MR) is 56.5 cm³/mol. The van der Waals surface area contributed by atoms with Crippen molar-refractivity contribution in [2.24, 2.45) is 0 Å². The van der Waals surface area contributed by atoms with Gasteiger partial charge in [-0.1, -0.05) is 0 Å². The van der Waals surface area contributed by atoms with Crippen LogP contribution in [0, 0.1) is 12.7 Å². The average molecular weight is 208 g/mol. The van der Waals surface area contributed by atoms with Gasteiger partial charge in [-0.15, -0.1) is 11.3 Å². The zero-order chi connectivity index (χ0) is 10.3. The number of hydrogen-bond donors (Lipinski definition) is 0. The van der Waals surface area contributed by atoms with E-state index in [1.54, 1.807) is 6.07 Å². The minimum Gasteiger partial charge on any atom is -0.294 e. The maximum absolute atomic E-state index is 13.0. The lowest BCUT2D eigenvalue weighted by atomic mass is 10.1. The number of carbonyl (C=O) groups is 1. The summed E-state index contributed by atoms with van der Waals surface area (Å²) in [6, 6.07) is 4.56. The Morgan fingerprint density at radius 3 is 2.79 bits per heavy atom. The third-order valence-corrected chi connectivity index (χ3v) is 3.26. The summed E-state index contributed by atoms with van der Waals surface area (Å²) in [5.74, 6) is -0.294. The molecule has 3 heteroatoms. The highest BCUT2D eigenvalue weighted by Crippen LogP contribution is 2.31. The number of thiophene rings is 1. The Morgan fingerprint density at radius 1 is 1.43 bits per heavy atom. The fourth-order valence-corrected chi connectivity index (χ4v) is 2.72. The van der Waals surface area contributed by atoms with Crippen molar-refractivity contribution in [1.82, 2.24) is 0 Å². The molecule has 0 amide bonds. The molecule has 2 aromatic rings. The Labute approximate surface area is 85.2 Å². The second kappa shape index (κ2) is 3.17. The molecular formula is C11H9FOS. The summed E-state index contributed by atoms with van der Waals surface area (Å²) in [6.45, 7) is 3.40. The Kier molecular flexibility index (Phi) is 2.11. The largest absolute Gasteiger partial charge is 0.294 e. The van der Waals surface area contributed by atoms with E-state index >= 15 is 0 Å². The maximum Gasteiger partial charge on any atom is 0.161 e. The van der Waals surface area contributed by atoms with Gasteiger partial charge in [0.2, 0.25) is 0 Å². The Morgan fingerprint density at radius 2 is 2.14 bits per heavy atom. The number of Topliss-reactive ketones (excluding diaryl/α,β-unsaturated/α-hetero) is 1. The molecule has 0 unspecified atom stereocenters. The summed E-state index contributed by atoms with van der Waals surface area (Å²) < 4.78 is 13.9. The van der Waals surface area contributed by atoms with Crippen LogP contribution in [-0.2, 0) is 0 Å². The van der Waals surface area contributed by atoms with Crippen LogP contribution in [0.2, 0.25) is 0 Å². The quantitative estimate of drug-likeness (QED) is 0.655. The minimum absolute atomic E-state index is 0.000602. The van der Waals surface area contributed by atoms with Crippen molar-refractivity contribution in [3.63, 3.8) is 0 Å². The van der Waals surface area contributed by atoms with Crippen molar-refractivity contribution in [3.05, 3.63) is 34.5 Å². The molecule has 0 spiro atoms. The smallest absolute Gasteiger partial charge is 0.161 e. The van der Waals surface area contributed by atoms with Gasteiger partial charge in [0.1, 0.15) is 5.82 Å². The summed E-state index contributed by atoms with van der Waals surface area (Å²) in [5, 5.41) is 0.736. The molecule has 0 saturated heterocycles. The van der Waals surface area contributed by atoms with Crippen LogP contribution in [0.1, 0.15) is 22.2 Å². The summed E-state index contributed by atoms with van der Waals surface area (Å²) in [7, 11) is 0. The van der Waals surface area contributed by atoms with Crippen LogP contribution in [-0.4, -0.2) is 5.78 Å². The van der Waals surface area contributed by atoms with Crippen molar-refractivity contribution in [3.8, 4) is 0 Å². The fourth-order valence-electron chi connectivity index (χ4n) is 1.63. The molecule has 0 fully saturated rings. The van der Waals surface area contributed by atoms with E-state index in [2.05, 4.69) is 0 Å². The Hall–Kier alpha value is -1.22. The van der Waals surface area contributed by atoms with Crippen LogP contribution in [0.3, 0.4) is 0 Å². The van der Waals surface area contributed by atoms with Crippen molar-refractivity contribution >= 4 is 27.2 Å². The number of fused-ring (bicyclic) bond motifs is 1. The maximum atomic E-state index is 13.0. The summed E-state index contributed by atoms with van der Waals surface area (Å²) in [5.41, 5.74) is 0.657. The van der Waals surface area contributed by atoms with Crippen LogP contribution in [0.15, 0.2) is 18.2 Å². The molecule has 0 bridgehead atoms. The highest BCUT2D eigenvalue weighted by molar-refractivity contribution is 7.19. The fraction of sp³-hybridized carbons (Fsp3) is 0.182. The first-order valence-electron chi connectivity index (χ1n) is 4.29. The molecule has 0 N–H and O–H groups in total. The van der Waals surface area contributed by atoms with E-state index in [0.29, 0.717) is 5.56 Å². The number of halogens is 1. The van der Waals surface area contributed by atoms with Gasteiger partial charge in [0.05, 0.1) is 0 Å². The minimum atomic E-state index is -0.294. The molecule has 1 aromatic heterocycles. The molecule has 1 nitrogen and oxygen atoms in total. The van der Waals surface area contributed by atoms with E-state index in [1.807, 2.05) is 6.92 Å². The first kappa shape index (κ1) is 9.34. The van der Waals surface area contributed by atoms with Crippen LogP contribution in [0.5, 0.6) is 0 Å². The number of benzene rings is 1. The van der Waals surface area contributed by atoms with Gasteiger partial charge < -0.3 is 0 Å². The van der Waals surface area contributed by atoms with E-state index in [0.717, 1.165) is 15.0 Å². The van der Waals surface area contributed by atoms with E-state index in [-0.39, 0.29) is 11.6 Å². The lowest BCUT2D eigenvalue weighted by Gasteiger charge is -1.94. The van der Waals surface area contributed by atoms with E-state index in [4.69, 9.17) is 0 Å². The van der Waals surface area contributed by atoms with Crippen LogP contribution >= 0.6 is 11.3 Å². The molecular weight excluding hydrogens is 199 g/mol. The van der Waals surface area contributed by atoms with Crippen LogP contribution < -0.4 is 0 Å². The average Bonchev–Trinajstić information content (AvgIpc) is 2.40. The molecule has 1 aromatic carbocycles. The van der Waals surface area contributed by atoms with E-state index in [1.165, 1.54) is 30.4 Å². The van der Waals surface area contributed by atoms with Gasteiger partial charge in [0.25, 0.3) is 0 Å². The molecule has 0 aliphatic rings. The standard InChI is InChI=1S/C11H9FOS/c1-6(13)11-7(2)14-10-4-3-8(12)5-9(10)11/h3-5H,1-2H3. The SMILES string of the molecule is CC(=O)c1c(C)sc2ccc(F)cc12. The topological polar surface area (TPSA) is 17.1 Å². The third-order valence-electron chi connectivity index (χ3n) is 2.18. The van der Waals surface area contributed by atoms with Gasteiger partial charge in [-0.2, -0.15) is 0 Å². The molecule has 0 radical (unpaired) electrons. The number of aryl methyl sites for hydroxylation is 1. The number of rotatable bonds is 1. The normalized spacial score (nSPS) is 10.8. The van der Waals surface area contributed by atoms with Crippen LogP contribution in [0.4, 0.5) is 4.39 Å². The summed E-state index contributed by atoms with van der Waals surface area (Å²) in [6.07, 6.45) is 0. The lowest BCUT2D eigenvalue weighted by Crippen LogP contribution is -1.92. The second-order valence-corrected chi connectivity index (χ2v) is 4.49. The molecule has 0 atom stereocenters. The van der Waals surface area contributed by atoms with Gasteiger partial charge in [-0.3, -0.25) is 4.79 Å². The third kappa shape index (κ3) is 1.34. The number of ketones is 1. The van der Waals surface area contributed by atoms with Gasteiger partial charge in [-0.05, 0) is 32.0 Å². The van der Waals surface area contributed by atoms with Crippen LogP contribution in [0.25, 0.3) is 10.1 Å². The highest BCUT2D eigenvalue weighted by atomic mass is 32.1. The number of carbonyl (C=O) groups excluding carboxylic acids is 1. The molecule has 2 rings (SSSR count). The summed E-state index contributed by atoms with van der Waals surface area (Å²) >= 11 is 1.53. The zero-order valence-corrected chi connectivity index (χ0v) is 8.74. The van der Waals surface area contributed by atoms with E-state index < -0.39 is 0 Å². The van der Waals surface area contributed by atoms with Crippen molar-refractivity contribution in [2.45, 2.75) is 13.8 Å². The second-order valence-electron chi connectivity index (χ2n) is 3.23. The molecule has 0 saturated carbocycles. The lowest BCUT2D eigenvalue weighted by molar-refractivity contribution is 0.101. The van der Waals surface area contributed by atoms with Gasteiger partial charge in [0, 0.05) is 20.5 Å². The van der Waals surface area contributed by atoms with Crippen molar-refractivity contribution < 1.29 is 9.18 Å². The first-order valence-corrected chi connectivity index (χ1v) is 5.11. The van der Waals surface area contributed by atoms with Gasteiger partial charge in [-0.25, -0.2) is 4.39 Å². The van der Waals surface area contributed by atoms with Gasteiger partial charge >= 0.3 is 0 Å². The number of hydrogen-bond acceptors (Lipinski definition) is 2. The monoisotopic (exact) mass is 208 g/mol. The van der Waals surface area contributed by atoms with Crippen molar-refractivity contribution in [1.29, 1.82) is 0 Å². The summed E-state index contributed by atoms with van der Waals surface area (Å²) in [4.78, 5) is 12.3. The van der Waals surface area contributed by atoms with E-state index in [9.17, 15) is 9.18 Å². The van der Waals surface area contributed by atoms with Crippen molar-refractivity contribution in [2.75, 3.05) is 0 Å². The first-order chi connectivity index (χ1) is 6.59. The molecule has 72 valence electrons. The highest BCUT2D eigenvalue weighted by Gasteiger charge is 2.12.